The van der Waals surface area contributed by atoms with Gasteiger partial charge in [0.25, 0.3) is 0 Å². The molecule has 116 valence electrons. The Labute approximate surface area is 120 Å². The lowest BCUT2D eigenvalue weighted by molar-refractivity contribution is -0.147. The van der Waals surface area contributed by atoms with Crippen LogP contribution in [0.2, 0.25) is 0 Å². The summed E-state index contributed by atoms with van der Waals surface area (Å²) < 4.78 is 0. The minimum Gasteiger partial charge on any atom is -0.481 e. The van der Waals surface area contributed by atoms with E-state index in [0.29, 0.717) is 13.0 Å². The van der Waals surface area contributed by atoms with Crippen molar-refractivity contribution < 1.29 is 14.7 Å². The Morgan fingerprint density at radius 2 is 1.85 bits per heavy atom. The number of urea groups is 1. The number of likely N-dealkylation sites (tertiary alicyclic amines) is 1. The molecule has 1 rings (SSSR count). The average molecular weight is 285 g/mol. The first kappa shape index (κ1) is 16.8. The van der Waals surface area contributed by atoms with Crippen LogP contribution in [-0.4, -0.2) is 54.7 Å². The van der Waals surface area contributed by atoms with Crippen LogP contribution in [0, 0.1) is 5.41 Å². The normalized spacial score (nSPS) is 19.1. The van der Waals surface area contributed by atoms with Crippen LogP contribution in [0.3, 0.4) is 0 Å². The molecule has 0 spiro atoms. The fourth-order valence-corrected chi connectivity index (χ4v) is 2.20. The van der Waals surface area contributed by atoms with E-state index in [4.69, 9.17) is 5.11 Å². The molecule has 0 aromatic carbocycles. The zero-order chi connectivity index (χ0) is 15.0. The number of carboxylic acids is 1. The number of amides is 2. The largest absolute Gasteiger partial charge is 0.481 e. The SMILES string of the molecule is CCC(C)(CNC(=O)NCCN1CCCCC1)C(=O)O. The molecule has 1 aliphatic rings. The summed E-state index contributed by atoms with van der Waals surface area (Å²) in [7, 11) is 0. The van der Waals surface area contributed by atoms with Crippen LogP contribution in [0.4, 0.5) is 4.79 Å². The highest BCUT2D eigenvalue weighted by atomic mass is 16.4. The molecule has 0 radical (unpaired) electrons. The minimum absolute atomic E-state index is 0.147. The molecular weight excluding hydrogens is 258 g/mol. The van der Waals surface area contributed by atoms with Gasteiger partial charge in [0.05, 0.1) is 5.41 Å². The van der Waals surface area contributed by atoms with Gasteiger partial charge in [-0.25, -0.2) is 4.79 Å². The number of carboxylic acid groups (broad SMARTS) is 1. The van der Waals surface area contributed by atoms with Gasteiger partial charge in [-0.3, -0.25) is 4.79 Å². The maximum atomic E-state index is 11.6. The van der Waals surface area contributed by atoms with Crippen LogP contribution in [0.1, 0.15) is 39.5 Å². The van der Waals surface area contributed by atoms with Gasteiger partial charge in [-0.1, -0.05) is 13.3 Å². The molecule has 1 saturated heterocycles. The van der Waals surface area contributed by atoms with Crippen LogP contribution < -0.4 is 10.6 Å². The number of piperidine rings is 1. The smallest absolute Gasteiger partial charge is 0.314 e. The lowest BCUT2D eigenvalue weighted by atomic mass is 9.88. The molecular formula is C14H27N3O3. The van der Waals surface area contributed by atoms with E-state index in [9.17, 15) is 9.59 Å². The molecule has 6 heteroatoms. The molecule has 1 aliphatic heterocycles. The third-order valence-electron chi connectivity index (χ3n) is 4.10. The predicted octanol–water partition coefficient (Wildman–Crippen LogP) is 1.27. The van der Waals surface area contributed by atoms with Crippen molar-refractivity contribution in [2.75, 3.05) is 32.7 Å². The highest BCUT2D eigenvalue weighted by molar-refractivity contribution is 5.77. The summed E-state index contributed by atoms with van der Waals surface area (Å²) in [6.45, 7) is 7.27. The van der Waals surface area contributed by atoms with Crippen molar-refractivity contribution in [3.63, 3.8) is 0 Å². The quantitative estimate of drug-likeness (QED) is 0.658. The fraction of sp³-hybridized carbons (Fsp3) is 0.857. The predicted molar refractivity (Wildman–Crippen MR) is 77.7 cm³/mol. The van der Waals surface area contributed by atoms with E-state index in [-0.39, 0.29) is 12.6 Å². The number of aliphatic carboxylic acids is 1. The summed E-state index contributed by atoms with van der Waals surface area (Å²) in [5.74, 6) is -0.881. The van der Waals surface area contributed by atoms with E-state index in [1.807, 2.05) is 6.92 Å². The van der Waals surface area contributed by atoms with E-state index < -0.39 is 11.4 Å². The molecule has 6 nitrogen and oxygen atoms in total. The molecule has 3 N–H and O–H groups in total. The van der Waals surface area contributed by atoms with Crippen LogP contribution in [0.25, 0.3) is 0 Å². The monoisotopic (exact) mass is 285 g/mol. The maximum absolute atomic E-state index is 11.6. The molecule has 0 bridgehead atoms. The fourth-order valence-electron chi connectivity index (χ4n) is 2.20. The van der Waals surface area contributed by atoms with Crippen molar-refractivity contribution in [2.45, 2.75) is 39.5 Å². The van der Waals surface area contributed by atoms with E-state index in [1.165, 1.54) is 19.3 Å². The first-order chi connectivity index (χ1) is 9.48. The van der Waals surface area contributed by atoms with Crippen molar-refractivity contribution in [3.8, 4) is 0 Å². The first-order valence-corrected chi connectivity index (χ1v) is 7.45. The van der Waals surface area contributed by atoms with E-state index >= 15 is 0 Å². The molecule has 1 fully saturated rings. The molecule has 1 unspecified atom stereocenters. The van der Waals surface area contributed by atoms with E-state index in [2.05, 4.69) is 15.5 Å². The second kappa shape index (κ2) is 8.09. The van der Waals surface area contributed by atoms with Gasteiger partial charge in [0, 0.05) is 19.6 Å². The molecule has 0 aliphatic carbocycles. The van der Waals surface area contributed by atoms with Crippen LogP contribution in [0.5, 0.6) is 0 Å². The lowest BCUT2D eigenvalue weighted by Gasteiger charge is -2.26. The molecule has 0 saturated carbocycles. The third-order valence-corrected chi connectivity index (χ3v) is 4.10. The Bertz CT molecular complexity index is 330. The first-order valence-electron chi connectivity index (χ1n) is 7.45. The van der Waals surface area contributed by atoms with Gasteiger partial charge in [-0.2, -0.15) is 0 Å². The van der Waals surface area contributed by atoms with Crippen LogP contribution >= 0.6 is 0 Å². The molecule has 20 heavy (non-hydrogen) atoms. The summed E-state index contributed by atoms with van der Waals surface area (Å²) in [6, 6.07) is -0.289. The summed E-state index contributed by atoms with van der Waals surface area (Å²) >= 11 is 0. The second-order valence-corrected chi connectivity index (χ2v) is 5.73. The number of rotatable bonds is 7. The summed E-state index contributed by atoms with van der Waals surface area (Å²) in [4.78, 5) is 25.1. The molecule has 0 aromatic heterocycles. The van der Waals surface area contributed by atoms with Crippen molar-refractivity contribution >= 4 is 12.0 Å². The van der Waals surface area contributed by atoms with Gasteiger partial charge in [0.15, 0.2) is 0 Å². The highest BCUT2D eigenvalue weighted by Gasteiger charge is 2.31. The Morgan fingerprint density at radius 3 is 2.40 bits per heavy atom. The maximum Gasteiger partial charge on any atom is 0.314 e. The number of carbonyl (C=O) groups is 2. The number of nitrogens with zero attached hydrogens (tertiary/aromatic N) is 1. The number of carbonyl (C=O) groups excluding carboxylic acids is 1. The highest BCUT2D eigenvalue weighted by Crippen LogP contribution is 2.19. The van der Waals surface area contributed by atoms with Gasteiger partial charge in [-0.15, -0.1) is 0 Å². The van der Waals surface area contributed by atoms with Crippen molar-refractivity contribution in [1.82, 2.24) is 15.5 Å². The summed E-state index contributed by atoms with van der Waals surface area (Å²) in [5, 5.41) is 14.5. The summed E-state index contributed by atoms with van der Waals surface area (Å²) in [5.41, 5.74) is -0.899. The third kappa shape index (κ3) is 5.36. The van der Waals surface area contributed by atoms with Crippen molar-refractivity contribution in [1.29, 1.82) is 0 Å². The van der Waals surface area contributed by atoms with E-state index in [1.54, 1.807) is 6.92 Å². The van der Waals surface area contributed by atoms with Crippen molar-refractivity contribution in [2.24, 2.45) is 5.41 Å². The minimum atomic E-state index is -0.899. The van der Waals surface area contributed by atoms with E-state index in [0.717, 1.165) is 19.6 Å². The lowest BCUT2D eigenvalue weighted by Crippen LogP contribution is -2.46. The zero-order valence-corrected chi connectivity index (χ0v) is 12.6. The zero-order valence-electron chi connectivity index (χ0n) is 12.6. The second-order valence-electron chi connectivity index (χ2n) is 5.73. The number of hydrogen-bond acceptors (Lipinski definition) is 3. The number of nitrogens with one attached hydrogen (secondary N) is 2. The Hall–Kier alpha value is -1.30. The topological polar surface area (TPSA) is 81.7 Å². The number of hydrogen-bond donors (Lipinski definition) is 3. The molecule has 0 aromatic rings. The molecule has 1 heterocycles. The van der Waals surface area contributed by atoms with Gasteiger partial charge >= 0.3 is 12.0 Å². The Balaban J connectivity index is 2.18. The van der Waals surface area contributed by atoms with Gasteiger partial charge in [0.1, 0.15) is 0 Å². The average Bonchev–Trinajstić information content (AvgIpc) is 2.45. The van der Waals surface area contributed by atoms with Gasteiger partial charge in [0.2, 0.25) is 0 Å². The Morgan fingerprint density at radius 1 is 1.20 bits per heavy atom. The van der Waals surface area contributed by atoms with Gasteiger partial charge < -0.3 is 20.6 Å². The molecule has 1 atom stereocenters. The van der Waals surface area contributed by atoms with Crippen LogP contribution in [-0.2, 0) is 4.79 Å². The van der Waals surface area contributed by atoms with Gasteiger partial charge in [-0.05, 0) is 39.3 Å². The molecule has 2 amide bonds. The Kier molecular flexibility index (Phi) is 6.78. The standard InChI is InChI=1S/C14H27N3O3/c1-3-14(2,12(18)19)11-16-13(20)15-7-10-17-8-5-4-6-9-17/h3-11H2,1-2H3,(H,18,19)(H2,15,16,20). The van der Waals surface area contributed by atoms with Crippen LogP contribution in [0.15, 0.2) is 0 Å². The van der Waals surface area contributed by atoms with Crippen molar-refractivity contribution in [3.05, 3.63) is 0 Å². The summed E-state index contributed by atoms with van der Waals surface area (Å²) in [6.07, 6.45) is 4.25.